The Kier molecular flexibility index (Phi) is 6.92. The van der Waals surface area contributed by atoms with Gasteiger partial charge in [-0.1, -0.05) is 56.9 Å². The Hall–Kier alpha value is -1.91. The number of benzene rings is 2. The minimum absolute atomic E-state index is 0.119. The fraction of sp³-hybridized carbons (Fsp3) is 0.556. The molecule has 4 rings (SSSR count). The van der Waals surface area contributed by atoms with Gasteiger partial charge in [0.05, 0.1) is 0 Å². The zero-order valence-electron chi connectivity index (χ0n) is 18.5. The third-order valence-corrected chi connectivity index (χ3v) is 7.73. The Morgan fingerprint density at radius 3 is 2.06 bits per heavy atom. The molecule has 4 unspecified atom stereocenters. The first-order chi connectivity index (χ1) is 15.3. The standard InChI is InChI=1S/C27H31F5/c1-2-3-4-17-5-6-22-14-21(12-11-20(22)13-17)18-7-9-19(10-8-18)23-15-24(28)26(25(29)16-23)27(30,31)32/h7-10,15-17,20-22H,2-6,11-14H2,1H3. The van der Waals surface area contributed by atoms with Gasteiger partial charge in [-0.2, -0.15) is 13.2 Å². The second-order valence-corrected chi connectivity index (χ2v) is 9.79. The number of halogens is 5. The molecule has 2 fully saturated rings. The second-order valence-electron chi connectivity index (χ2n) is 9.79. The van der Waals surface area contributed by atoms with Gasteiger partial charge < -0.3 is 0 Å². The summed E-state index contributed by atoms with van der Waals surface area (Å²) in [5, 5.41) is 0. The predicted molar refractivity (Wildman–Crippen MR) is 117 cm³/mol. The molecule has 0 aromatic heterocycles. The highest BCUT2D eigenvalue weighted by molar-refractivity contribution is 5.64. The van der Waals surface area contributed by atoms with E-state index >= 15 is 0 Å². The fourth-order valence-electron chi connectivity index (χ4n) is 6.00. The van der Waals surface area contributed by atoms with E-state index in [1.807, 2.05) is 12.1 Å². The summed E-state index contributed by atoms with van der Waals surface area (Å²) in [6, 6.07) is 9.02. The maximum absolute atomic E-state index is 14.0. The molecule has 2 aliphatic carbocycles. The highest BCUT2D eigenvalue weighted by atomic mass is 19.4. The zero-order valence-corrected chi connectivity index (χ0v) is 18.5. The molecular weight excluding hydrogens is 419 g/mol. The topological polar surface area (TPSA) is 0 Å². The van der Waals surface area contributed by atoms with Crippen LogP contribution in [0.3, 0.4) is 0 Å². The highest BCUT2D eigenvalue weighted by Gasteiger charge is 2.38. The van der Waals surface area contributed by atoms with Crippen molar-refractivity contribution in [1.29, 1.82) is 0 Å². The summed E-state index contributed by atoms with van der Waals surface area (Å²) < 4.78 is 66.4. The molecule has 2 aromatic rings. The van der Waals surface area contributed by atoms with Crippen LogP contribution in [0, 0.1) is 29.4 Å². The summed E-state index contributed by atoms with van der Waals surface area (Å²) >= 11 is 0. The summed E-state index contributed by atoms with van der Waals surface area (Å²) in [5.41, 5.74) is 0.0197. The summed E-state index contributed by atoms with van der Waals surface area (Å²) in [6.45, 7) is 2.26. The van der Waals surface area contributed by atoms with Crippen molar-refractivity contribution in [3.8, 4) is 11.1 Å². The van der Waals surface area contributed by atoms with Gasteiger partial charge in [-0.3, -0.25) is 0 Å². The van der Waals surface area contributed by atoms with E-state index in [1.165, 1.54) is 56.9 Å². The van der Waals surface area contributed by atoms with E-state index in [1.54, 1.807) is 12.1 Å². The van der Waals surface area contributed by atoms with Gasteiger partial charge in [-0.05, 0) is 84.6 Å². The lowest BCUT2D eigenvalue weighted by atomic mass is 9.63. The Labute approximate surface area is 187 Å². The average Bonchev–Trinajstić information content (AvgIpc) is 2.76. The van der Waals surface area contributed by atoms with Crippen LogP contribution in [0.2, 0.25) is 0 Å². The van der Waals surface area contributed by atoms with E-state index < -0.39 is 23.4 Å². The first-order valence-electron chi connectivity index (χ1n) is 11.9. The van der Waals surface area contributed by atoms with Crippen LogP contribution in [0.1, 0.15) is 81.8 Å². The van der Waals surface area contributed by atoms with Gasteiger partial charge in [0.1, 0.15) is 17.2 Å². The van der Waals surface area contributed by atoms with Crippen molar-refractivity contribution in [3.63, 3.8) is 0 Å². The third-order valence-electron chi connectivity index (χ3n) is 7.73. The SMILES string of the molecule is CCCCC1CCC2CC(c3ccc(-c4cc(F)c(C(F)(F)F)c(F)c4)cc3)CCC2C1. The van der Waals surface area contributed by atoms with Crippen molar-refractivity contribution in [2.75, 3.05) is 0 Å². The Morgan fingerprint density at radius 1 is 0.812 bits per heavy atom. The van der Waals surface area contributed by atoms with Gasteiger partial charge >= 0.3 is 6.18 Å². The lowest BCUT2D eigenvalue weighted by Gasteiger charge is -2.42. The average molecular weight is 451 g/mol. The highest BCUT2D eigenvalue weighted by Crippen LogP contribution is 2.48. The van der Waals surface area contributed by atoms with Crippen LogP contribution in [0.4, 0.5) is 22.0 Å². The third kappa shape index (κ3) is 5.02. The molecule has 0 saturated heterocycles. The fourth-order valence-corrected chi connectivity index (χ4v) is 6.00. The molecule has 0 N–H and O–H groups in total. The molecule has 0 bridgehead atoms. The van der Waals surface area contributed by atoms with Gasteiger partial charge in [0.25, 0.3) is 0 Å². The predicted octanol–water partition coefficient (Wildman–Crippen LogP) is 9.14. The normalized spacial score (nSPS) is 26.1. The van der Waals surface area contributed by atoms with Crippen LogP contribution in [-0.4, -0.2) is 0 Å². The molecule has 0 amide bonds. The van der Waals surface area contributed by atoms with Gasteiger partial charge in [-0.25, -0.2) is 8.78 Å². The Bertz CT molecular complexity index is 892. The monoisotopic (exact) mass is 450 g/mol. The molecule has 2 aliphatic rings. The van der Waals surface area contributed by atoms with Crippen molar-refractivity contribution in [3.05, 3.63) is 59.2 Å². The minimum atomic E-state index is -5.05. The van der Waals surface area contributed by atoms with Gasteiger partial charge in [0.15, 0.2) is 0 Å². The molecule has 32 heavy (non-hydrogen) atoms. The van der Waals surface area contributed by atoms with Gasteiger partial charge in [0, 0.05) is 0 Å². The first-order valence-corrected chi connectivity index (χ1v) is 11.9. The largest absolute Gasteiger partial charge is 0.422 e. The first kappa shape index (κ1) is 23.3. The van der Waals surface area contributed by atoms with E-state index in [2.05, 4.69) is 6.92 Å². The summed E-state index contributed by atoms with van der Waals surface area (Å²) in [4.78, 5) is 0. The van der Waals surface area contributed by atoms with E-state index in [4.69, 9.17) is 0 Å². The number of hydrogen-bond acceptors (Lipinski definition) is 0. The van der Waals surface area contributed by atoms with Crippen molar-refractivity contribution in [2.45, 2.75) is 76.8 Å². The number of unbranched alkanes of at least 4 members (excludes halogenated alkanes) is 1. The molecule has 174 valence electrons. The van der Waals surface area contributed by atoms with Gasteiger partial charge in [-0.15, -0.1) is 0 Å². The maximum atomic E-state index is 14.0. The van der Waals surface area contributed by atoms with E-state index in [0.717, 1.165) is 36.3 Å². The van der Waals surface area contributed by atoms with Crippen LogP contribution in [-0.2, 0) is 6.18 Å². The molecule has 2 aromatic carbocycles. The van der Waals surface area contributed by atoms with Crippen molar-refractivity contribution in [1.82, 2.24) is 0 Å². The van der Waals surface area contributed by atoms with Crippen LogP contribution >= 0.6 is 0 Å². The lowest BCUT2D eigenvalue weighted by Crippen LogP contribution is -2.30. The molecule has 0 radical (unpaired) electrons. The molecule has 0 heterocycles. The molecule has 4 atom stereocenters. The number of hydrogen-bond donors (Lipinski definition) is 0. The summed E-state index contributed by atoms with van der Waals surface area (Å²) in [6.07, 6.45) is 6.57. The Balaban J connectivity index is 1.43. The minimum Gasteiger partial charge on any atom is -0.206 e. The summed E-state index contributed by atoms with van der Waals surface area (Å²) in [5.74, 6) is -0.146. The Morgan fingerprint density at radius 2 is 1.44 bits per heavy atom. The van der Waals surface area contributed by atoms with E-state index in [9.17, 15) is 22.0 Å². The van der Waals surface area contributed by atoms with Crippen LogP contribution in [0.5, 0.6) is 0 Å². The molecule has 0 nitrogen and oxygen atoms in total. The smallest absolute Gasteiger partial charge is 0.206 e. The number of fused-ring (bicyclic) bond motifs is 1. The quantitative estimate of drug-likeness (QED) is 0.398. The van der Waals surface area contributed by atoms with Crippen LogP contribution in [0.15, 0.2) is 36.4 Å². The number of rotatable bonds is 5. The van der Waals surface area contributed by atoms with Crippen molar-refractivity contribution >= 4 is 0 Å². The van der Waals surface area contributed by atoms with Crippen molar-refractivity contribution < 1.29 is 22.0 Å². The summed E-state index contributed by atoms with van der Waals surface area (Å²) in [7, 11) is 0. The number of alkyl halides is 3. The lowest BCUT2D eigenvalue weighted by molar-refractivity contribution is -0.142. The molecule has 0 spiro atoms. The maximum Gasteiger partial charge on any atom is 0.422 e. The molecular formula is C27H31F5. The van der Waals surface area contributed by atoms with Gasteiger partial charge in [0.2, 0.25) is 0 Å². The second kappa shape index (κ2) is 9.52. The van der Waals surface area contributed by atoms with E-state index in [-0.39, 0.29) is 5.56 Å². The zero-order chi connectivity index (χ0) is 22.9. The van der Waals surface area contributed by atoms with E-state index in [0.29, 0.717) is 11.5 Å². The molecule has 2 saturated carbocycles. The molecule has 5 heteroatoms. The van der Waals surface area contributed by atoms with Crippen LogP contribution < -0.4 is 0 Å². The van der Waals surface area contributed by atoms with Crippen molar-refractivity contribution in [2.24, 2.45) is 17.8 Å². The molecule has 0 aliphatic heterocycles. The van der Waals surface area contributed by atoms with Crippen LogP contribution in [0.25, 0.3) is 11.1 Å².